The zero-order chi connectivity index (χ0) is 15.8. The topological polar surface area (TPSA) is 70.2 Å². The number of carbonyl (C=O) groups is 2. The first-order chi connectivity index (χ1) is 9.95. The molecule has 21 heavy (non-hydrogen) atoms. The van der Waals surface area contributed by atoms with Gasteiger partial charge in [-0.05, 0) is 32.4 Å². The molecule has 2 atom stereocenters. The highest BCUT2D eigenvalue weighted by Gasteiger charge is 2.15. The van der Waals surface area contributed by atoms with E-state index in [9.17, 15) is 9.59 Å². The lowest BCUT2D eigenvalue weighted by Crippen LogP contribution is -2.47. The third kappa shape index (κ3) is 5.73. The third-order valence-electron chi connectivity index (χ3n) is 3.06. The minimum atomic E-state index is -0.546. The van der Waals surface area contributed by atoms with Crippen molar-refractivity contribution in [3.8, 4) is 0 Å². The maximum absolute atomic E-state index is 11.8. The van der Waals surface area contributed by atoms with Gasteiger partial charge in [-0.3, -0.25) is 9.59 Å². The molecule has 0 saturated carbocycles. The van der Waals surface area contributed by atoms with Gasteiger partial charge >= 0.3 is 0 Å². The third-order valence-corrected chi connectivity index (χ3v) is 3.41. The van der Waals surface area contributed by atoms with E-state index in [1.807, 2.05) is 38.1 Å². The van der Waals surface area contributed by atoms with Gasteiger partial charge in [-0.15, -0.1) is 0 Å². The summed E-state index contributed by atoms with van der Waals surface area (Å²) in [6.07, 6.45) is 0. The van der Waals surface area contributed by atoms with E-state index < -0.39 is 6.04 Å². The minimum Gasteiger partial charge on any atom is -0.355 e. The molecule has 0 radical (unpaired) electrons. The summed E-state index contributed by atoms with van der Waals surface area (Å²) in [6, 6.07) is 6.89. The Labute approximate surface area is 130 Å². The van der Waals surface area contributed by atoms with E-state index in [1.165, 1.54) is 0 Å². The van der Waals surface area contributed by atoms with Crippen LogP contribution in [-0.2, 0) is 9.59 Å². The van der Waals surface area contributed by atoms with Gasteiger partial charge in [0.15, 0.2) is 0 Å². The second-order valence-corrected chi connectivity index (χ2v) is 5.22. The number of amides is 2. The fourth-order valence-corrected chi connectivity index (χ4v) is 2.17. The number of hydrogen-bond acceptors (Lipinski definition) is 3. The van der Waals surface area contributed by atoms with Crippen LogP contribution in [0.2, 0.25) is 5.02 Å². The van der Waals surface area contributed by atoms with Gasteiger partial charge in [0, 0.05) is 17.6 Å². The second-order valence-electron chi connectivity index (χ2n) is 4.81. The van der Waals surface area contributed by atoms with Crippen LogP contribution < -0.4 is 16.0 Å². The highest BCUT2D eigenvalue weighted by Crippen LogP contribution is 2.21. The standard InChI is InChI=1S/C15H22ClN3O2/c1-4-17-15(21)11(3)19-14(20)9-18-10(2)12-7-5-6-8-13(12)16/h5-8,10-11,18H,4,9H2,1-3H3,(H,17,21)(H,19,20)/t10-,11-/m1/s1. The molecule has 5 nitrogen and oxygen atoms in total. The van der Waals surface area contributed by atoms with Gasteiger partial charge in [-0.25, -0.2) is 0 Å². The fraction of sp³-hybridized carbons (Fsp3) is 0.467. The van der Waals surface area contributed by atoms with Crippen LogP contribution in [-0.4, -0.2) is 30.9 Å². The van der Waals surface area contributed by atoms with Crippen molar-refractivity contribution in [1.29, 1.82) is 0 Å². The summed E-state index contributed by atoms with van der Waals surface area (Å²) in [5.74, 6) is -0.419. The Morgan fingerprint density at radius 2 is 1.90 bits per heavy atom. The zero-order valence-electron chi connectivity index (χ0n) is 12.6. The van der Waals surface area contributed by atoms with Crippen LogP contribution >= 0.6 is 11.6 Å². The van der Waals surface area contributed by atoms with Gasteiger partial charge in [-0.2, -0.15) is 0 Å². The number of carbonyl (C=O) groups excluding carboxylic acids is 2. The van der Waals surface area contributed by atoms with Gasteiger partial charge in [0.1, 0.15) is 6.04 Å². The molecule has 0 fully saturated rings. The molecule has 0 aliphatic rings. The first-order valence-corrected chi connectivity index (χ1v) is 7.38. The molecular weight excluding hydrogens is 290 g/mol. The molecule has 0 bridgehead atoms. The van der Waals surface area contributed by atoms with Gasteiger partial charge in [0.05, 0.1) is 6.54 Å². The molecule has 0 aliphatic carbocycles. The SMILES string of the molecule is CCNC(=O)[C@@H](C)NC(=O)CN[C@H](C)c1ccccc1Cl. The van der Waals surface area contributed by atoms with E-state index in [0.29, 0.717) is 11.6 Å². The molecular formula is C15H22ClN3O2. The molecule has 0 aliphatic heterocycles. The summed E-state index contributed by atoms with van der Waals surface area (Å²) in [6.45, 7) is 6.08. The number of likely N-dealkylation sites (N-methyl/N-ethyl adjacent to an activating group) is 1. The van der Waals surface area contributed by atoms with E-state index in [2.05, 4.69) is 16.0 Å². The Morgan fingerprint density at radius 1 is 1.24 bits per heavy atom. The molecule has 1 rings (SSSR count). The molecule has 116 valence electrons. The van der Waals surface area contributed by atoms with Crippen LogP contribution in [0.15, 0.2) is 24.3 Å². The van der Waals surface area contributed by atoms with Gasteiger partial charge in [0.25, 0.3) is 0 Å². The smallest absolute Gasteiger partial charge is 0.242 e. The Balaban J connectivity index is 2.43. The van der Waals surface area contributed by atoms with Crippen LogP contribution in [0.4, 0.5) is 0 Å². The lowest BCUT2D eigenvalue weighted by molar-refractivity contribution is -0.128. The highest BCUT2D eigenvalue weighted by molar-refractivity contribution is 6.31. The monoisotopic (exact) mass is 311 g/mol. The predicted molar refractivity (Wildman–Crippen MR) is 84.2 cm³/mol. The first-order valence-electron chi connectivity index (χ1n) is 7.00. The van der Waals surface area contributed by atoms with Crippen LogP contribution in [0, 0.1) is 0 Å². The van der Waals surface area contributed by atoms with E-state index in [0.717, 1.165) is 5.56 Å². The fourth-order valence-electron chi connectivity index (χ4n) is 1.87. The second kappa shape index (κ2) is 8.64. The van der Waals surface area contributed by atoms with Crippen molar-refractivity contribution >= 4 is 23.4 Å². The van der Waals surface area contributed by atoms with Crippen molar-refractivity contribution in [1.82, 2.24) is 16.0 Å². The number of hydrogen-bond donors (Lipinski definition) is 3. The van der Waals surface area contributed by atoms with Gasteiger partial charge in [0.2, 0.25) is 11.8 Å². The maximum atomic E-state index is 11.8. The summed E-state index contributed by atoms with van der Waals surface area (Å²) in [5, 5.41) is 9.05. The predicted octanol–water partition coefficient (Wildman–Crippen LogP) is 1.63. The molecule has 6 heteroatoms. The van der Waals surface area contributed by atoms with Crippen molar-refractivity contribution < 1.29 is 9.59 Å². The Morgan fingerprint density at radius 3 is 2.52 bits per heavy atom. The van der Waals surface area contributed by atoms with Crippen LogP contribution in [0.1, 0.15) is 32.4 Å². The molecule has 1 aromatic carbocycles. The Hall–Kier alpha value is -1.59. The number of halogens is 1. The normalized spacial score (nSPS) is 13.3. The average Bonchev–Trinajstić information content (AvgIpc) is 2.45. The summed E-state index contributed by atoms with van der Waals surface area (Å²) in [7, 11) is 0. The Kier molecular flexibility index (Phi) is 7.19. The minimum absolute atomic E-state index is 0.0516. The molecule has 0 unspecified atom stereocenters. The summed E-state index contributed by atoms with van der Waals surface area (Å²) in [5.41, 5.74) is 0.934. The molecule has 2 amide bonds. The van der Waals surface area contributed by atoms with Crippen molar-refractivity contribution in [3.05, 3.63) is 34.9 Å². The van der Waals surface area contributed by atoms with Crippen molar-refractivity contribution in [2.45, 2.75) is 32.9 Å². The summed E-state index contributed by atoms with van der Waals surface area (Å²) < 4.78 is 0. The van der Waals surface area contributed by atoms with E-state index in [-0.39, 0.29) is 24.4 Å². The molecule has 3 N–H and O–H groups in total. The maximum Gasteiger partial charge on any atom is 0.242 e. The molecule has 0 heterocycles. The quantitative estimate of drug-likeness (QED) is 0.717. The van der Waals surface area contributed by atoms with E-state index in [4.69, 9.17) is 11.6 Å². The zero-order valence-corrected chi connectivity index (χ0v) is 13.3. The molecule has 0 saturated heterocycles. The highest BCUT2D eigenvalue weighted by atomic mass is 35.5. The molecule has 0 spiro atoms. The van der Waals surface area contributed by atoms with Gasteiger partial charge in [-0.1, -0.05) is 29.8 Å². The molecule has 1 aromatic rings. The largest absolute Gasteiger partial charge is 0.355 e. The summed E-state index contributed by atoms with van der Waals surface area (Å²) in [4.78, 5) is 23.3. The first kappa shape index (κ1) is 17.5. The van der Waals surface area contributed by atoms with Crippen LogP contribution in [0.3, 0.4) is 0 Å². The van der Waals surface area contributed by atoms with Crippen LogP contribution in [0.25, 0.3) is 0 Å². The van der Waals surface area contributed by atoms with Crippen molar-refractivity contribution in [3.63, 3.8) is 0 Å². The lowest BCUT2D eigenvalue weighted by atomic mass is 10.1. The van der Waals surface area contributed by atoms with Crippen LogP contribution in [0.5, 0.6) is 0 Å². The lowest BCUT2D eigenvalue weighted by Gasteiger charge is -2.17. The number of rotatable bonds is 7. The van der Waals surface area contributed by atoms with Crippen molar-refractivity contribution in [2.24, 2.45) is 0 Å². The average molecular weight is 312 g/mol. The Bertz CT molecular complexity index is 494. The van der Waals surface area contributed by atoms with E-state index in [1.54, 1.807) is 6.92 Å². The summed E-state index contributed by atoms with van der Waals surface area (Å²) >= 11 is 6.10. The number of nitrogens with one attached hydrogen (secondary N) is 3. The number of benzene rings is 1. The van der Waals surface area contributed by atoms with Crippen molar-refractivity contribution in [2.75, 3.05) is 13.1 Å². The van der Waals surface area contributed by atoms with E-state index >= 15 is 0 Å². The van der Waals surface area contributed by atoms with Gasteiger partial charge < -0.3 is 16.0 Å². The molecule has 0 aromatic heterocycles.